The topological polar surface area (TPSA) is 142 Å². The fraction of sp³-hybridized carbons (Fsp3) is 0.786. The molecule has 0 bridgehead atoms. The summed E-state index contributed by atoms with van der Waals surface area (Å²) in [5, 5.41) is 18.1. The lowest BCUT2D eigenvalue weighted by atomic mass is 9.93. The number of aliphatic carboxylic acids is 1. The summed E-state index contributed by atoms with van der Waals surface area (Å²) >= 11 is 0. The fourth-order valence-corrected chi connectivity index (χ4v) is 2.11. The van der Waals surface area contributed by atoms with Crippen molar-refractivity contribution in [2.75, 3.05) is 6.61 Å². The Morgan fingerprint density at radius 1 is 1.09 bits per heavy atom. The molecule has 8 heteroatoms. The second-order valence-corrected chi connectivity index (χ2v) is 5.95. The molecule has 0 fully saturated rings. The first-order valence-corrected chi connectivity index (χ1v) is 7.27. The Labute approximate surface area is 131 Å². The van der Waals surface area contributed by atoms with Crippen LogP contribution in [0.3, 0.4) is 0 Å². The molecule has 22 heavy (non-hydrogen) atoms. The van der Waals surface area contributed by atoms with E-state index in [0.29, 0.717) is 0 Å². The van der Waals surface area contributed by atoms with Crippen molar-refractivity contribution in [1.82, 2.24) is 10.6 Å². The number of carboxylic acid groups (broad SMARTS) is 1. The first-order chi connectivity index (χ1) is 10.6. The van der Waals surface area contributed by atoms with E-state index in [4.69, 9.17) is 7.16 Å². The third kappa shape index (κ3) is 6.86. The van der Waals surface area contributed by atoms with Crippen LogP contribution < -0.4 is 16.4 Å². The van der Waals surface area contributed by atoms with Gasteiger partial charge in [-0.1, -0.05) is 27.7 Å². The minimum absolute atomic E-state index is 0.111. The Balaban J connectivity index is 4.72. The van der Waals surface area contributed by atoms with Crippen LogP contribution in [0.1, 0.15) is 34.1 Å². The van der Waals surface area contributed by atoms with E-state index in [2.05, 4.69) is 15.7 Å². The van der Waals surface area contributed by atoms with Crippen molar-refractivity contribution in [3.8, 4) is 0 Å². The molecule has 0 saturated carbocycles. The van der Waals surface area contributed by atoms with Gasteiger partial charge in [-0.15, -0.1) is 0 Å². The van der Waals surface area contributed by atoms with Gasteiger partial charge in [-0.2, -0.15) is 0 Å². The van der Waals surface area contributed by atoms with E-state index >= 15 is 0 Å². The van der Waals surface area contributed by atoms with Crippen LogP contribution in [0, 0.1) is 11.8 Å². The molecule has 0 aliphatic carbocycles. The molecular formula is C14H27N3O5. The number of aliphatic hydroxyl groups excluding tert-OH is 1. The zero-order valence-electron chi connectivity index (χ0n) is 14.5. The number of rotatable bonds is 9. The number of hydrogen-bond donors (Lipinski definition) is 5. The highest BCUT2D eigenvalue weighted by atomic mass is 16.4. The minimum Gasteiger partial charge on any atom is -0.481 e. The predicted molar refractivity (Wildman–Crippen MR) is 80.9 cm³/mol. The predicted octanol–water partition coefficient (Wildman–Crippen LogP) is -0.938. The Hall–Kier alpha value is -1.67. The second kappa shape index (κ2) is 9.37. The van der Waals surface area contributed by atoms with Crippen molar-refractivity contribution in [3.63, 3.8) is 0 Å². The van der Waals surface area contributed by atoms with Gasteiger partial charge in [0.15, 0.2) is 0 Å². The van der Waals surface area contributed by atoms with Gasteiger partial charge in [-0.3, -0.25) is 14.4 Å². The van der Waals surface area contributed by atoms with Crippen molar-refractivity contribution < 1.29 is 24.6 Å². The van der Waals surface area contributed by atoms with Gasteiger partial charge in [-0.05, 0) is 11.8 Å². The minimum atomic E-state index is -1.26. The van der Waals surface area contributed by atoms with Crippen molar-refractivity contribution in [2.24, 2.45) is 17.6 Å². The van der Waals surface area contributed by atoms with Crippen LogP contribution in [0.15, 0.2) is 0 Å². The summed E-state index contributed by atoms with van der Waals surface area (Å²) in [6.45, 7) is 7.23. The number of nitrogens with one attached hydrogen (secondary N) is 2. The van der Waals surface area contributed by atoms with Crippen molar-refractivity contribution >= 4 is 17.8 Å². The number of amides is 2. The maximum Gasteiger partial charge on any atom is 0.305 e. The summed E-state index contributed by atoms with van der Waals surface area (Å²) in [5.74, 6) is -1.90. The molecule has 0 saturated heterocycles. The lowest BCUT2D eigenvalue weighted by Gasteiger charge is -2.28. The molecule has 0 radical (unpaired) electrons. The van der Waals surface area contributed by atoms with Gasteiger partial charge in [0.25, 0.3) is 1.43 Å². The third-order valence-electron chi connectivity index (χ3n) is 3.28. The smallest absolute Gasteiger partial charge is 0.305 e. The molecule has 0 aromatic carbocycles. The molecule has 128 valence electrons. The number of aliphatic hydroxyl groups is 1. The molecular weight excluding hydrogens is 290 g/mol. The molecule has 0 spiro atoms. The van der Waals surface area contributed by atoms with Gasteiger partial charge in [0.05, 0.1) is 19.1 Å². The van der Waals surface area contributed by atoms with Gasteiger partial charge in [-0.25, -0.2) is 0 Å². The standard InChI is InChI=1S/C14H27N3O5/c1-7(2)12(8(3)4)17-14(22)10(6-18)16-13(21)9(15)5-11(19)20/h7-10,12,18H,5-6,15H2,1-4H3,(H,16,21)(H,17,22)(H,19,20)/t9-,10-/m0/s1/i/hD. The highest BCUT2D eigenvalue weighted by Crippen LogP contribution is 2.12. The van der Waals surface area contributed by atoms with E-state index in [1.165, 1.54) is 0 Å². The highest BCUT2D eigenvalue weighted by Gasteiger charge is 2.27. The van der Waals surface area contributed by atoms with Crippen LogP contribution in [-0.2, 0) is 14.4 Å². The SMILES string of the molecule is [2H]OC(=O)C[C@H](N)C(=O)N[C@@H](CO)C(=O)NC(C(C)C)C(C)C. The first kappa shape index (κ1) is 18.4. The van der Waals surface area contributed by atoms with Crippen LogP contribution in [0.4, 0.5) is 0 Å². The average molecular weight is 318 g/mol. The average Bonchev–Trinajstić information content (AvgIpc) is 2.48. The second-order valence-electron chi connectivity index (χ2n) is 5.95. The van der Waals surface area contributed by atoms with Crippen LogP contribution in [0.25, 0.3) is 1.43 Å². The Kier molecular flexibility index (Phi) is 7.83. The van der Waals surface area contributed by atoms with Crippen molar-refractivity contribution in [2.45, 2.75) is 52.2 Å². The number of nitrogens with two attached hydrogens (primary N) is 1. The molecule has 0 heterocycles. The molecule has 2 atom stereocenters. The monoisotopic (exact) mass is 318 g/mol. The Morgan fingerprint density at radius 3 is 2.05 bits per heavy atom. The van der Waals surface area contributed by atoms with E-state index in [-0.39, 0.29) is 17.9 Å². The fourth-order valence-electron chi connectivity index (χ4n) is 2.11. The summed E-state index contributed by atoms with van der Waals surface area (Å²) < 4.78 is 6.41. The molecule has 8 nitrogen and oxygen atoms in total. The molecule has 0 aliphatic heterocycles. The van der Waals surface area contributed by atoms with Crippen LogP contribution in [-0.4, -0.2) is 52.7 Å². The lowest BCUT2D eigenvalue weighted by Crippen LogP contribution is -2.56. The molecule has 0 aromatic rings. The van der Waals surface area contributed by atoms with Gasteiger partial charge >= 0.3 is 5.97 Å². The van der Waals surface area contributed by atoms with Gasteiger partial charge in [0.1, 0.15) is 6.04 Å². The zero-order valence-corrected chi connectivity index (χ0v) is 13.5. The van der Waals surface area contributed by atoms with Gasteiger partial charge in [0, 0.05) is 6.04 Å². The maximum absolute atomic E-state index is 12.2. The van der Waals surface area contributed by atoms with Crippen LogP contribution in [0.2, 0.25) is 0 Å². The molecule has 0 aromatic heterocycles. The van der Waals surface area contributed by atoms with Crippen molar-refractivity contribution in [1.29, 1.82) is 1.43 Å². The van der Waals surface area contributed by atoms with Gasteiger partial charge < -0.3 is 26.6 Å². The van der Waals surface area contributed by atoms with E-state index in [0.717, 1.165) is 0 Å². The Bertz CT molecular complexity index is 409. The molecule has 2 amide bonds. The van der Waals surface area contributed by atoms with E-state index in [1.54, 1.807) is 0 Å². The van der Waals surface area contributed by atoms with E-state index in [1.807, 2.05) is 27.7 Å². The van der Waals surface area contributed by atoms with Crippen LogP contribution in [0.5, 0.6) is 0 Å². The molecule has 0 unspecified atom stereocenters. The lowest BCUT2D eigenvalue weighted by molar-refractivity contribution is -0.139. The summed E-state index contributed by atoms with van der Waals surface area (Å²) in [6.07, 6.45) is -0.490. The molecule has 6 N–H and O–H groups in total. The summed E-state index contributed by atoms with van der Waals surface area (Å²) in [7, 11) is 0. The Morgan fingerprint density at radius 2 is 1.64 bits per heavy atom. The first-order valence-electron chi connectivity index (χ1n) is 7.68. The van der Waals surface area contributed by atoms with Crippen LogP contribution >= 0.6 is 0 Å². The maximum atomic E-state index is 12.2. The summed E-state index contributed by atoms with van der Waals surface area (Å²) in [6, 6.07) is -2.54. The molecule has 0 rings (SSSR count). The van der Waals surface area contributed by atoms with E-state index in [9.17, 15) is 19.5 Å². The highest BCUT2D eigenvalue weighted by molar-refractivity contribution is 5.91. The number of carboxylic acids is 1. The number of carbonyl (C=O) groups excluding carboxylic acids is 2. The quantitative estimate of drug-likeness (QED) is 0.371. The number of hydrogen-bond acceptors (Lipinski definition) is 6. The third-order valence-corrected chi connectivity index (χ3v) is 3.28. The number of carbonyl (C=O) groups is 3. The zero-order chi connectivity index (χ0) is 18.2. The van der Waals surface area contributed by atoms with E-state index < -0.39 is 42.9 Å². The summed E-state index contributed by atoms with van der Waals surface area (Å²) in [4.78, 5) is 34.9. The molecule has 0 aliphatic rings. The van der Waals surface area contributed by atoms with Crippen molar-refractivity contribution in [3.05, 3.63) is 0 Å². The summed E-state index contributed by atoms with van der Waals surface area (Å²) in [5.41, 5.74) is 5.49. The largest absolute Gasteiger partial charge is 0.481 e. The normalized spacial score (nSPS) is 14.5. The van der Waals surface area contributed by atoms with Gasteiger partial charge in [0.2, 0.25) is 11.8 Å².